The molecule has 0 fully saturated rings. The Balaban J connectivity index is 2.01. The lowest BCUT2D eigenvalue weighted by molar-refractivity contribution is 0.419. The molecule has 1 N–H and O–H groups in total. The Hall–Kier alpha value is -1.68. The van der Waals surface area contributed by atoms with Crippen molar-refractivity contribution in [3.05, 3.63) is 53.0 Å². The van der Waals surface area contributed by atoms with Gasteiger partial charge in [0.2, 0.25) is 5.89 Å². The maximum atomic E-state index is 12.9. The Kier molecular flexibility index (Phi) is 4.32. The molecule has 2 aromatic rings. The number of rotatable bonds is 5. The fourth-order valence-corrected chi connectivity index (χ4v) is 2.02. The van der Waals surface area contributed by atoms with Crippen LogP contribution in [0.1, 0.15) is 42.3 Å². The van der Waals surface area contributed by atoms with Gasteiger partial charge >= 0.3 is 0 Å². The maximum absolute atomic E-state index is 12.9. The van der Waals surface area contributed by atoms with Gasteiger partial charge in [-0.3, -0.25) is 0 Å². The fraction of sp³-hybridized carbons (Fsp3) is 0.400. The third-order valence-electron chi connectivity index (χ3n) is 3.25. The zero-order valence-electron chi connectivity index (χ0n) is 11.5. The van der Waals surface area contributed by atoms with Crippen LogP contribution in [-0.4, -0.2) is 4.98 Å². The summed E-state index contributed by atoms with van der Waals surface area (Å²) < 4.78 is 18.4. The summed E-state index contributed by atoms with van der Waals surface area (Å²) in [5, 5.41) is 3.38. The molecule has 3 nitrogen and oxygen atoms in total. The van der Waals surface area contributed by atoms with Gasteiger partial charge in [0.05, 0.1) is 12.2 Å². The molecule has 0 saturated heterocycles. The molecule has 1 unspecified atom stereocenters. The quantitative estimate of drug-likeness (QED) is 0.893. The molecule has 0 amide bonds. The van der Waals surface area contributed by atoms with Gasteiger partial charge in [0.15, 0.2) is 0 Å². The zero-order chi connectivity index (χ0) is 13.8. The van der Waals surface area contributed by atoms with Gasteiger partial charge in [0, 0.05) is 6.04 Å². The minimum absolute atomic E-state index is 0.174. The molecular weight excluding hydrogens is 243 g/mol. The normalized spacial score (nSPS) is 12.6. The molecule has 0 aliphatic heterocycles. The predicted molar refractivity (Wildman–Crippen MR) is 72.2 cm³/mol. The van der Waals surface area contributed by atoms with E-state index >= 15 is 0 Å². The van der Waals surface area contributed by atoms with E-state index in [0.29, 0.717) is 12.4 Å². The van der Waals surface area contributed by atoms with E-state index in [2.05, 4.69) is 17.2 Å². The van der Waals surface area contributed by atoms with E-state index in [4.69, 9.17) is 4.42 Å². The third kappa shape index (κ3) is 3.41. The Morgan fingerprint density at radius 2 is 1.95 bits per heavy atom. The highest BCUT2D eigenvalue weighted by atomic mass is 19.1. The highest BCUT2D eigenvalue weighted by Crippen LogP contribution is 2.18. The summed E-state index contributed by atoms with van der Waals surface area (Å²) in [6.07, 6.45) is 0.921. The van der Waals surface area contributed by atoms with Crippen LogP contribution < -0.4 is 5.32 Å². The average molecular weight is 262 g/mol. The fourth-order valence-electron chi connectivity index (χ4n) is 2.02. The average Bonchev–Trinajstić information content (AvgIpc) is 2.71. The van der Waals surface area contributed by atoms with E-state index in [9.17, 15) is 4.39 Å². The molecule has 1 aromatic heterocycles. The van der Waals surface area contributed by atoms with Crippen LogP contribution in [0.25, 0.3) is 0 Å². The van der Waals surface area contributed by atoms with Gasteiger partial charge in [-0.1, -0.05) is 19.1 Å². The summed E-state index contributed by atoms with van der Waals surface area (Å²) in [5.41, 5.74) is 2.00. The first-order valence-corrected chi connectivity index (χ1v) is 6.52. The molecule has 1 atom stereocenters. The van der Waals surface area contributed by atoms with Crippen molar-refractivity contribution in [2.75, 3.05) is 0 Å². The summed E-state index contributed by atoms with van der Waals surface area (Å²) in [7, 11) is 0. The van der Waals surface area contributed by atoms with Gasteiger partial charge in [0.1, 0.15) is 11.6 Å². The van der Waals surface area contributed by atoms with Crippen LogP contribution in [0.2, 0.25) is 0 Å². The second-order valence-electron chi connectivity index (χ2n) is 4.64. The Morgan fingerprint density at radius 1 is 1.26 bits per heavy atom. The van der Waals surface area contributed by atoms with Crippen LogP contribution in [0.4, 0.5) is 4.39 Å². The summed E-state index contributed by atoms with van der Waals surface area (Å²) in [4.78, 5) is 4.34. The molecule has 1 aromatic carbocycles. The number of nitrogens with one attached hydrogen (secondary N) is 1. The minimum Gasteiger partial charge on any atom is -0.444 e. The van der Waals surface area contributed by atoms with Crippen molar-refractivity contribution in [3.63, 3.8) is 0 Å². The van der Waals surface area contributed by atoms with Crippen molar-refractivity contribution in [3.8, 4) is 0 Å². The van der Waals surface area contributed by atoms with Crippen molar-refractivity contribution < 1.29 is 8.81 Å². The lowest BCUT2D eigenvalue weighted by Crippen LogP contribution is -2.20. The third-order valence-corrected chi connectivity index (χ3v) is 3.25. The molecule has 1 heterocycles. The van der Waals surface area contributed by atoms with Gasteiger partial charge in [-0.2, -0.15) is 0 Å². The lowest BCUT2D eigenvalue weighted by atomic mass is 10.0. The van der Waals surface area contributed by atoms with Crippen molar-refractivity contribution in [1.82, 2.24) is 10.3 Å². The molecule has 19 heavy (non-hydrogen) atoms. The number of aromatic nitrogens is 1. The zero-order valence-corrected chi connectivity index (χ0v) is 11.5. The van der Waals surface area contributed by atoms with Crippen LogP contribution in [-0.2, 0) is 6.54 Å². The number of hydrogen-bond donors (Lipinski definition) is 1. The number of hydrogen-bond acceptors (Lipinski definition) is 3. The first kappa shape index (κ1) is 13.7. The highest BCUT2D eigenvalue weighted by Gasteiger charge is 2.11. The maximum Gasteiger partial charge on any atom is 0.208 e. The van der Waals surface area contributed by atoms with E-state index in [1.54, 1.807) is 0 Å². The van der Waals surface area contributed by atoms with Gasteiger partial charge in [-0.05, 0) is 38.0 Å². The summed E-state index contributed by atoms with van der Waals surface area (Å²) >= 11 is 0. The number of nitrogens with zero attached hydrogens (tertiary/aromatic N) is 1. The van der Waals surface area contributed by atoms with Crippen molar-refractivity contribution in [2.24, 2.45) is 0 Å². The van der Waals surface area contributed by atoms with Gasteiger partial charge < -0.3 is 9.73 Å². The summed E-state index contributed by atoms with van der Waals surface area (Å²) in [6.45, 7) is 6.50. The van der Waals surface area contributed by atoms with Gasteiger partial charge in [-0.15, -0.1) is 0 Å². The second-order valence-corrected chi connectivity index (χ2v) is 4.64. The van der Waals surface area contributed by atoms with Crippen LogP contribution in [0.5, 0.6) is 0 Å². The van der Waals surface area contributed by atoms with E-state index in [-0.39, 0.29) is 11.9 Å². The molecule has 0 radical (unpaired) electrons. The Labute approximate surface area is 112 Å². The monoisotopic (exact) mass is 262 g/mol. The van der Waals surface area contributed by atoms with Crippen molar-refractivity contribution in [2.45, 2.75) is 39.8 Å². The van der Waals surface area contributed by atoms with Crippen LogP contribution >= 0.6 is 0 Å². The van der Waals surface area contributed by atoms with E-state index in [1.807, 2.05) is 26.0 Å². The summed E-state index contributed by atoms with van der Waals surface area (Å²) in [5.74, 6) is 1.33. The van der Waals surface area contributed by atoms with Crippen LogP contribution in [0, 0.1) is 19.7 Å². The molecule has 102 valence electrons. The molecule has 2 rings (SSSR count). The number of aryl methyl sites for hydroxylation is 2. The van der Waals surface area contributed by atoms with Crippen LogP contribution in [0.15, 0.2) is 28.7 Å². The number of oxazole rings is 1. The molecular formula is C15H19FN2O. The molecule has 0 aliphatic carbocycles. The lowest BCUT2D eigenvalue weighted by Gasteiger charge is -2.16. The highest BCUT2D eigenvalue weighted by molar-refractivity contribution is 5.19. The first-order chi connectivity index (χ1) is 9.10. The minimum atomic E-state index is -0.211. The topological polar surface area (TPSA) is 38.1 Å². The molecule has 0 aliphatic rings. The number of benzene rings is 1. The Bertz CT molecular complexity index is 514. The molecule has 0 bridgehead atoms. The predicted octanol–water partition coefficient (Wildman–Crippen LogP) is 3.67. The smallest absolute Gasteiger partial charge is 0.208 e. The first-order valence-electron chi connectivity index (χ1n) is 6.52. The molecule has 4 heteroatoms. The van der Waals surface area contributed by atoms with E-state index < -0.39 is 0 Å². The SMILES string of the molecule is CCC(NCc1nc(C)c(C)o1)c1ccc(F)cc1. The van der Waals surface area contributed by atoms with Gasteiger partial charge in [-0.25, -0.2) is 9.37 Å². The summed E-state index contributed by atoms with van der Waals surface area (Å²) in [6, 6.07) is 6.76. The standard InChI is InChI=1S/C15H19FN2O/c1-4-14(12-5-7-13(16)8-6-12)17-9-15-18-10(2)11(3)19-15/h5-8,14,17H,4,9H2,1-3H3. The van der Waals surface area contributed by atoms with Gasteiger partial charge in [0.25, 0.3) is 0 Å². The largest absolute Gasteiger partial charge is 0.444 e. The number of halogens is 1. The van der Waals surface area contributed by atoms with Crippen molar-refractivity contribution >= 4 is 0 Å². The molecule has 0 spiro atoms. The van der Waals surface area contributed by atoms with E-state index in [0.717, 1.165) is 23.4 Å². The second kappa shape index (κ2) is 5.97. The van der Waals surface area contributed by atoms with Crippen molar-refractivity contribution in [1.29, 1.82) is 0 Å². The molecule has 0 saturated carbocycles. The van der Waals surface area contributed by atoms with Crippen LogP contribution in [0.3, 0.4) is 0 Å². The van der Waals surface area contributed by atoms with E-state index in [1.165, 1.54) is 12.1 Å². The Morgan fingerprint density at radius 3 is 2.47 bits per heavy atom.